The Morgan fingerprint density at radius 1 is 0.538 bits per heavy atom. The fraction of sp³-hybridized carbons (Fsp3) is 0.602. The number of carboxylic acid groups (broad SMARTS) is 1. The number of rotatable bonds is 69. The van der Waals surface area contributed by atoms with E-state index in [9.17, 15) is 57.8 Å². The summed E-state index contributed by atoms with van der Waals surface area (Å²) in [5.74, 6) is -5.35. The van der Waals surface area contributed by atoms with Gasteiger partial charge in [-0.2, -0.15) is 5.10 Å². The largest absolute Gasteiger partial charge is 0.478 e. The van der Waals surface area contributed by atoms with Crippen LogP contribution >= 0.6 is 11.3 Å². The minimum absolute atomic E-state index is 0.0532. The number of carbonyl (C=O) groups excluding carboxylic acids is 10. The van der Waals surface area contributed by atoms with E-state index >= 15 is 0 Å². The highest BCUT2D eigenvalue weighted by Gasteiger charge is 2.66. The number of amides is 10. The molecule has 2 aromatic heterocycles. The van der Waals surface area contributed by atoms with E-state index < -0.39 is 65.5 Å². The maximum atomic E-state index is 14.3. The van der Waals surface area contributed by atoms with E-state index in [2.05, 4.69) is 66.3 Å². The second kappa shape index (κ2) is 57.8. The Kier molecular flexibility index (Phi) is 45.4. The molecule has 4 heterocycles. The highest BCUT2D eigenvalue weighted by Crippen LogP contribution is 2.72. The molecule has 4 aliphatic carbocycles. The number of aromatic nitrogens is 3. The number of thiazole rings is 1. The minimum atomic E-state index is -1.19. The topological polar surface area (TPSA) is 471 Å². The monoisotopic (exact) mass is 2010 g/mol. The van der Waals surface area contributed by atoms with Gasteiger partial charge in [0, 0.05) is 93.1 Å². The molecule has 6 atom stereocenters. The number of imide groups is 1. The van der Waals surface area contributed by atoms with Crippen LogP contribution in [0, 0.1) is 29.1 Å². The summed E-state index contributed by atoms with van der Waals surface area (Å²) in [6.45, 7) is 24.5. The second-order valence-electron chi connectivity index (χ2n) is 38.1. The molecule has 10 amide bonds. The summed E-state index contributed by atoms with van der Waals surface area (Å²) in [7, 11) is 1.63. The van der Waals surface area contributed by atoms with E-state index in [-0.39, 0.29) is 123 Å². The number of nitrogens with one attached hydrogen (secondary N) is 8. The van der Waals surface area contributed by atoms with Gasteiger partial charge in [0.25, 0.3) is 17.7 Å². The lowest BCUT2D eigenvalue weighted by Crippen LogP contribution is -2.64. The highest BCUT2D eigenvalue weighted by atomic mass is 32.1. The molecule has 0 radical (unpaired) electrons. The first-order valence-corrected chi connectivity index (χ1v) is 50.6. The van der Waals surface area contributed by atoms with Crippen molar-refractivity contribution in [2.75, 3.05) is 207 Å². The molecule has 0 saturated heterocycles. The average molecular weight is 2010 g/mol. The summed E-state index contributed by atoms with van der Waals surface area (Å²) in [5, 5.41) is 38.8. The van der Waals surface area contributed by atoms with Crippen molar-refractivity contribution in [3.05, 3.63) is 137 Å². The Bertz CT molecular complexity index is 5100. The number of alkyl carbamates (subject to hydrolysis) is 1. The lowest BCUT2D eigenvalue weighted by molar-refractivity contribution is -0.247. The standard InChI is InChI=1S/C103H145N13O26S/c1-71(2)91(112-87(117)22-10-9-15-34-115-89(119)29-30-90(115)120)96(125)108-73(4)93(122)109-77-25-23-75(24-26-77)62-141-99(128)111-85(20-13-14-32-104-88(118)63-140-58-57-139-56-55-138-54-53-137-52-51-136-50-49-135-48-47-134-46-45-133-44-43-132-42-41-131-40-39-130-38-37-129-8)95(124)107-72(3)92(121)105-33-36-142-103-67-100(6)64-101(7,68-103)66-102(65-100,69-103)70-116-74(5)82(60-106-116)79-28-27-78(59-81(79)97(126)127)114-35-31-76-17-16-18-80(83(76)61-114)94(123)113-98-110-84-19-11-12-21-86(84)143-98/h11-12,16-19,21,23-30,59-60,71-73,85,91H,9-10,13-15,20,22,31-58,61-70H2,1-8H3,(H,104,118)(H,105,121)(H,107,124)(H,108,125)(H,109,122)(H,111,128)(H,112,117)(H,126,127)(H,110,113,123)/t72-,73+,85?,91+,100?,101?,102?,103?/m1/s1. The molecule has 39 nitrogen and oxygen atoms in total. The predicted molar refractivity (Wildman–Crippen MR) is 532 cm³/mol. The van der Waals surface area contributed by atoms with Gasteiger partial charge in [-0.25, -0.2) is 14.6 Å². The Balaban J connectivity index is 0.592. The maximum Gasteiger partial charge on any atom is 0.408 e. The number of ether oxygens (including phenoxy) is 14. The molecule has 6 aromatic rings. The zero-order chi connectivity index (χ0) is 102. The van der Waals surface area contributed by atoms with E-state index in [0.29, 0.717) is 218 Å². The normalized spacial score (nSPS) is 18.7. The fourth-order valence-corrected chi connectivity index (χ4v) is 20.7. The molecule has 12 rings (SSSR count). The molecule has 143 heavy (non-hydrogen) atoms. The van der Waals surface area contributed by atoms with Crippen LogP contribution in [0.25, 0.3) is 21.3 Å². The van der Waals surface area contributed by atoms with Crippen LogP contribution in [0.3, 0.4) is 0 Å². The van der Waals surface area contributed by atoms with Gasteiger partial charge >= 0.3 is 12.1 Å². The van der Waals surface area contributed by atoms with Crippen LogP contribution in [0.15, 0.2) is 103 Å². The van der Waals surface area contributed by atoms with Crippen molar-refractivity contribution in [2.24, 2.45) is 22.2 Å². The van der Waals surface area contributed by atoms with Crippen molar-refractivity contribution in [3.63, 3.8) is 0 Å². The number of carboxylic acids is 1. The third-order valence-corrected chi connectivity index (χ3v) is 26.7. The molecule has 3 unspecified atom stereocenters. The summed E-state index contributed by atoms with van der Waals surface area (Å²) in [5.41, 5.74) is 6.34. The van der Waals surface area contributed by atoms with Gasteiger partial charge in [0.15, 0.2) is 5.13 Å². The van der Waals surface area contributed by atoms with E-state index in [4.69, 9.17) is 71.4 Å². The molecule has 4 saturated carbocycles. The minimum Gasteiger partial charge on any atom is -0.478 e. The van der Waals surface area contributed by atoms with Crippen LogP contribution in [0.5, 0.6) is 0 Å². The van der Waals surface area contributed by atoms with Gasteiger partial charge in [-0.1, -0.05) is 87.9 Å². The zero-order valence-corrected chi connectivity index (χ0v) is 84.6. The van der Waals surface area contributed by atoms with Gasteiger partial charge in [-0.05, 0) is 185 Å². The zero-order valence-electron chi connectivity index (χ0n) is 83.8. The summed E-state index contributed by atoms with van der Waals surface area (Å²) >= 11 is 1.41. The number of benzene rings is 4. The number of hydrogen-bond acceptors (Lipinski definition) is 29. The molecular formula is C103H145N13O26S. The van der Waals surface area contributed by atoms with Crippen LogP contribution in [-0.2, 0) is 131 Å². The molecule has 0 spiro atoms. The van der Waals surface area contributed by atoms with Crippen molar-refractivity contribution in [3.8, 4) is 11.1 Å². The number of aromatic carboxylic acids is 1. The number of carbonyl (C=O) groups is 11. The first-order valence-electron chi connectivity index (χ1n) is 49.7. The molecule has 4 bridgehead atoms. The smallest absolute Gasteiger partial charge is 0.408 e. The lowest BCUT2D eigenvalue weighted by Gasteiger charge is -2.69. The molecule has 784 valence electrons. The third-order valence-electron chi connectivity index (χ3n) is 25.8. The molecule has 4 fully saturated rings. The van der Waals surface area contributed by atoms with Gasteiger partial charge in [0.1, 0.15) is 37.4 Å². The highest BCUT2D eigenvalue weighted by molar-refractivity contribution is 7.22. The number of methoxy groups -OCH3 is 1. The van der Waals surface area contributed by atoms with E-state index in [1.807, 2.05) is 66.2 Å². The number of hydrogen-bond donors (Lipinski definition) is 9. The number of fused-ring (bicyclic) bond motifs is 2. The summed E-state index contributed by atoms with van der Waals surface area (Å²) in [6.07, 6.45) is 11.8. The molecule has 40 heteroatoms. The Labute approximate surface area is 840 Å². The van der Waals surface area contributed by atoms with Gasteiger partial charge in [-0.15, -0.1) is 0 Å². The third kappa shape index (κ3) is 36.1. The summed E-state index contributed by atoms with van der Waals surface area (Å²) < 4.78 is 81.2. The lowest BCUT2D eigenvalue weighted by atomic mass is 9.39. The molecule has 6 aliphatic rings. The fourth-order valence-electron chi connectivity index (χ4n) is 19.9. The summed E-state index contributed by atoms with van der Waals surface area (Å²) in [4.78, 5) is 153. The van der Waals surface area contributed by atoms with Crippen LogP contribution in [0.1, 0.15) is 168 Å². The second-order valence-corrected chi connectivity index (χ2v) is 39.1. The molecular weight excluding hydrogens is 1870 g/mol. The van der Waals surface area contributed by atoms with E-state index in [1.54, 1.807) is 64.4 Å². The Morgan fingerprint density at radius 3 is 1.72 bits per heavy atom. The maximum absolute atomic E-state index is 14.3. The molecule has 4 aromatic carbocycles. The van der Waals surface area contributed by atoms with Gasteiger partial charge in [0.05, 0.1) is 180 Å². The van der Waals surface area contributed by atoms with Crippen molar-refractivity contribution in [1.29, 1.82) is 0 Å². The first-order chi connectivity index (χ1) is 69.0. The van der Waals surface area contributed by atoms with Gasteiger partial charge in [-0.3, -0.25) is 58.0 Å². The Hall–Kier alpha value is -10.8. The first kappa shape index (κ1) is 113. The van der Waals surface area contributed by atoms with Crippen molar-refractivity contribution in [1.82, 2.24) is 51.6 Å². The van der Waals surface area contributed by atoms with Crippen LogP contribution in [-0.4, -0.2) is 312 Å². The van der Waals surface area contributed by atoms with Crippen LogP contribution in [0.2, 0.25) is 0 Å². The SMILES string of the molecule is COCCOCCOCCOCCOCCOCCOCCOCCOCCOCCOCCOCC(=O)NCCCCC(NC(=O)OCc1ccc(NC(=O)[C@H](C)NC(=O)[C@@H](NC(=O)CCCCCN2C(=O)C=CC2=O)C(C)C)cc1)C(=O)N[C@H](C)C(=O)NCCOC12CC3(C)CC(C)(CC(Cn4ncc(-c5ccc(N6CCc7cccc(C(=O)Nc8nc9ccccc9s8)c7C6)cc5C(=O)O)c4C)(C3)C1)C2. The van der Waals surface area contributed by atoms with Crippen molar-refractivity contribution < 1.29 is 124 Å². The van der Waals surface area contributed by atoms with Crippen LogP contribution in [0.4, 0.5) is 21.3 Å². The average Bonchev–Trinajstić information content (AvgIpc) is 1.23. The molecule has 9 N–H and O–H groups in total. The van der Waals surface area contributed by atoms with Crippen LogP contribution < -0.4 is 47.4 Å². The molecule has 2 aliphatic heterocycles. The number of nitrogens with zero attached hydrogens (tertiary/aromatic N) is 5. The predicted octanol–water partition coefficient (Wildman–Crippen LogP) is 9.22. The number of anilines is 3. The van der Waals surface area contributed by atoms with E-state index in [1.165, 1.54) is 30.4 Å². The summed E-state index contributed by atoms with van der Waals surface area (Å²) in [6, 6.07) is 21.2. The van der Waals surface area contributed by atoms with E-state index in [0.717, 1.165) is 81.7 Å². The van der Waals surface area contributed by atoms with Crippen molar-refractivity contribution in [2.45, 2.75) is 188 Å². The van der Waals surface area contributed by atoms with Gasteiger partial charge in [0.2, 0.25) is 35.4 Å². The Morgan fingerprint density at radius 2 is 1.13 bits per heavy atom. The quantitative estimate of drug-likeness (QED) is 0.0127. The van der Waals surface area contributed by atoms with Crippen molar-refractivity contribution >= 4 is 103 Å². The number of unbranched alkanes of at least 4 members (excludes halogenated alkanes) is 3. The number of para-hydroxylation sites is 1. The van der Waals surface area contributed by atoms with Gasteiger partial charge < -0.3 is 114 Å².